The number of imide groups is 1. The summed E-state index contributed by atoms with van der Waals surface area (Å²) in [5.41, 5.74) is 0. The van der Waals surface area contributed by atoms with Crippen molar-refractivity contribution >= 4 is 11.8 Å². The topological polar surface area (TPSA) is 125 Å². The van der Waals surface area contributed by atoms with Crippen LogP contribution in [0, 0.1) is 18.3 Å². The number of aliphatic hydroxyl groups excluding tert-OH is 3. The number of hydrogen-bond acceptors (Lipinski definition) is 7. The van der Waals surface area contributed by atoms with E-state index >= 15 is 0 Å². The van der Waals surface area contributed by atoms with Gasteiger partial charge in [-0.15, -0.1) is 6.42 Å². The van der Waals surface area contributed by atoms with Crippen LogP contribution in [-0.2, 0) is 19.1 Å². The van der Waals surface area contributed by atoms with E-state index < -0.39 is 48.8 Å². The molecule has 2 amide bonds. The molecule has 8 heteroatoms. The Morgan fingerprint density at radius 2 is 2.10 bits per heavy atom. The molecule has 0 aromatic carbocycles. The summed E-state index contributed by atoms with van der Waals surface area (Å²) in [7, 11) is 0. The summed E-state index contributed by atoms with van der Waals surface area (Å²) in [5.74, 6) is -0.450. The van der Waals surface area contributed by atoms with Crippen LogP contribution in [-0.4, -0.2) is 64.8 Å². The highest BCUT2D eigenvalue weighted by Gasteiger charge is 2.49. The second kappa shape index (κ2) is 6.24. The first kappa shape index (κ1) is 15.5. The second-order valence-electron chi connectivity index (χ2n) is 4.67. The van der Waals surface area contributed by atoms with Crippen molar-refractivity contribution in [3.05, 3.63) is 11.8 Å². The van der Waals surface area contributed by atoms with Crippen LogP contribution in [0.3, 0.4) is 0 Å². The largest absolute Gasteiger partial charge is 0.475 e. The molecule has 0 aromatic heterocycles. The normalized spacial score (nSPS) is 35.9. The molecular formula is C13H15NO7. The maximum Gasteiger partial charge on any atom is 0.292 e. The van der Waals surface area contributed by atoms with E-state index in [4.69, 9.17) is 21.0 Å². The number of nitrogens with one attached hydrogen (secondary N) is 1. The molecule has 4 unspecified atom stereocenters. The molecule has 2 rings (SSSR count). The summed E-state index contributed by atoms with van der Waals surface area (Å²) in [6, 6.07) is 0. The Balaban J connectivity index is 2.21. The summed E-state index contributed by atoms with van der Waals surface area (Å²) in [5, 5.41) is 30.7. The van der Waals surface area contributed by atoms with Gasteiger partial charge in [-0.3, -0.25) is 14.9 Å². The molecule has 5 atom stereocenters. The van der Waals surface area contributed by atoms with Crippen molar-refractivity contribution in [2.45, 2.75) is 24.4 Å². The fraction of sp³-hybridized carbons (Fsp3) is 0.538. The molecule has 0 aliphatic carbocycles. The molecule has 0 bridgehead atoms. The Kier molecular flexibility index (Phi) is 4.59. The number of carbonyl (C=O) groups is 2. The predicted molar refractivity (Wildman–Crippen MR) is 67.3 cm³/mol. The lowest BCUT2D eigenvalue weighted by Gasteiger charge is -2.26. The standard InChI is InChI=1S/C13H15NO7/c1-2-3-20-7-4-6(12(18)14-13(7)19)11-10(17)9(16)8(5-15)21-11/h1,4,6,8-11,15-17H,3,5H2,(H,14,18,19)/t6?,8?,9?,10-,11?/m1/s1. The number of hydrogen-bond donors (Lipinski definition) is 4. The summed E-state index contributed by atoms with van der Waals surface area (Å²) in [6.45, 7) is -0.664. The minimum atomic E-state index is -1.38. The van der Waals surface area contributed by atoms with E-state index in [1.807, 2.05) is 0 Å². The number of carbonyl (C=O) groups excluding carboxylic acids is 2. The van der Waals surface area contributed by atoms with E-state index in [9.17, 15) is 19.8 Å². The van der Waals surface area contributed by atoms with Gasteiger partial charge in [-0.2, -0.15) is 0 Å². The predicted octanol–water partition coefficient (Wildman–Crippen LogP) is -2.73. The molecular weight excluding hydrogens is 282 g/mol. The van der Waals surface area contributed by atoms with Crippen LogP contribution in [0.25, 0.3) is 0 Å². The molecule has 1 fully saturated rings. The van der Waals surface area contributed by atoms with Crippen molar-refractivity contribution in [2.24, 2.45) is 5.92 Å². The van der Waals surface area contributed by atoms with Crippen LogP contribution in [0.2, 0.25) is 0 Å². The minimum Gasteiger partial charge on any atom is -0.475 e. The van der Waals surface area contributed by atoms with Crippen molar-refractivity contribution in [2.75, 3.05) is 13.2 Å². The first-order valence-electron chi connectivity index (χ1n) is 6.25. The van der Waals surface area contributed by atoms with Gasteiger partial charge in [0.15, 0.2) is 5.76 Å². The summed E-state index contributed by atoms with van der Waals surface area (Å²) in [6.07, 6.45) is 1.41. The molecule has 1 saturated heterocycles. The highest BCUT2D eigenvalue weighted by Crippen LogP contribution is 2.29. The third kappa shape index (κ3) is 2.91. The van der Waals surface area contributed by atoms with Gasteiger partial charge in [-0.1, -0.05) is 5.92 Å². The zero-order valence-electron chi connectivity index (χ0n) is 10.9. The fourth-order valence-electron chi connectivity index (χ4n) is 2.27. The van der Waals surface area contributed by atoms with Gasteiger partial charge in [0.2, 0.25) is 5.91 Å². The monoisotopic (exact) mass is 297 g/mol. The van der Waals surface area contributed by atoms with Crippen LogP contribution < -0.4 is 5.32 Å². The first-order chi connectivity index (χ1) is 9.99. The minimum absolute atomic E-state index is 0.157. The van der Waals surface area contributed by atoms with Crippen LogP contribution in [0.1, 0.15) is 0 Å². The van der Waals surface area contributed by atoms with Crippen molar-refractivity contribution in [3.63, 3.8) is 0 Å². The number of aliphatic hydroxyl groups is 3. The van der Waals surface area contributed by atoms with E-state index in [1.54, 1.807) is 0 Å². The highest BCUT2D eigenvalue weighted by atomic mass is 16.6. The summed E-state index contributed by atoms with van der Waals surface area (Å²) < 4.78 is 10.3. The second-order valence-corrected chi connectivity index (χ2v) is 4.67. The molecule has 4 N–H and O–H groups in total. The molecule has 2 aliphatic rings. The maximum atomic E-state index is 11.9. The van der Waals surface area contributed by atoms with Gasteiger partial charge in [-0.25, -0.2) is 0 Å². The van der Waals surface area contributed by atoms with E-state index in [2.05, 4.69) is 11.2 Å². The van der Waals surface area contributed by atoms with E-state index in [-0.39, 0.29) is 12.4 Å². The average Bonchev–Trinajstić information content (AvgIpc) is 2.74. The smallest absolute Gasteiger partial charge is 0.292 e. The van der Waals surface area contributed by atoms with Crippen LogP contribution in [0.4, 0.5) is 0 Å². The SMILES string of the molecule is C#CCOC1=CC(C2OC(CO)C(O)[C@H]2O)C(=O)NC1=O. The Morgan fingerprint density at radius 1 is 1.38 bits per heavy atom. The molecule has 0 saturated carbocycles. The third-order valence-corrected chi connectivity index (χ3v) is 3.34. The van der Waals surface area contributed by atoms with Crippen LogP contribution in [0.15, 0.2) is 11.8 Å². The van der Waals surface area contributed by atoms with Crippen molar-refractivity contribution < 1.29 is 34.4 Å². The van der Waals surface area contributed by atoms with Gasteiger partial charge in [0.25, 0.3) is 5.91 Å². The number of rotatable bonds is 4. The molecule has 114 valence electrons. The lowest BCUT2D eigenvalue weighted by Crippen LogP contribution is -2.48. The number of ether oxygens (including phenoxy) is 2. The Hall–Kier alpha value is -1.92. The lowest BCUT2D eigenvalue weighted by atomic mass is 9.92. The van der Waals surface area contributed by atoms with Gasteiger partial charge in [-0.05, 0) is 6.08 Å². The molecule has 0 radical (unpaired) electrons. The van der Waals surface area contributed by atoms with Crippen molar-refractivity contribution in [1.29, 1.82) is 0 Å². The van der Waals surface area contributed by atoms with Gasteiger partial charge >= 0.3 is 0 Å². The highest BCUT2D eigenvalue weighted by molar-refractivity contribution is 6.07. The van der Waals surface area contributed by atoms with E-state index in [0.29, 0.717) is 0 Å². The lowest BCUT2D eigenvalue weighted by molar-refractivity contribution is -0.138. The number of amides is 2. The summed E-state index contributed by atoms with van der Waals surface area (Å²) >= 11 is 0. The van der Waals surface area contributed by atoms with E-state index in [0.717, 1.165) is 0 Å². The average molecular weight is 297 g/mol. The quantitative estimate of drug-likeness (QED) is 0.328. The molecule has 0 aromatic rings. The van der Waals surface area contributed by atoms with Crippen LogP contribution in [0.5, 0.6) is 0 Å². The Labute approximate surface area is 120 Å². The first-order valence-corrected chi connectivity index (χ1v) is 6.25. The van der Waals surface area contributed by atoms with Gasteiger partial charge in [0, 0.05) is 0 Å². The zero-order valence-corrected chi connectivity index (χ0v) is 10.9. The van der Waals surface area contributed by atoms with Gasteiger partial charge in [0.1, 0.15) is 31.0 Å². The molecule has 0 spiro atoms. The maximum absolute atomic E-state index is 11.9. The number of terminal acetylenes is 1. The zero-order chi connectivity index (χ0) is 15.6. The molecule has 2 aliphatic heterocycles. The fourth-order valence-corrected chi connectivity index (χ4v) is 2.27. The van der Waals surface area contributed by atoms with Crippen molar-refractivity contribution in [3.8, 4) is 12.3 Å². The Bertz CT molecular complexity index is 509. The van der Waals surface area contributed by atoms with Gasteiger partial charge in [0.05, 0.1) is 12.5 Å². The Morgan fingerprint density at radius 3 is 2.67 bits per heavy atom. The van der Waals surface area contributed by atoms with Crippen molar-refractivity contribution in [1.82, 2.24) is 5.32 Å². The summed E-state index contributed by atoms with van der Waals surface area (Å²) in [4.78, 5) is 23.4. The van der Waals surface area contributed by atoms with E-state index in [1.165, 1.54) is 6.08 Å². The molecule has 2 heterocycles. The molecule has 21 heavy (non-hydrogen) atoms. The third-order valence-electron chi connectivity index (χ3n) is 3.34. The van der Waals surface area contributed by atoms with Gasteiger partial charge < -0.3 is 24.8 Å². The molecule has 8 nitrogen and oxygen atoms in total. The van der Waals surface area contributed by atoms with Crippen LogP contribution >= 0.6 is 0 Å².